The summed E-state index contributed by atoms with van der Waals surface area (Å²) in [7, 11) is 2.12. The molecule has 9 nitrogen and oxygen atoms in total. The molecule has 2 aromatic rings. The maximum atomic E-state index is 12.4. The van der Waals surface area contributed by atoms with Crippen molar-refractivity contribution in [1.82, 2.24) is 30.2 Å². The van der Waals surface area contributed by atoms with Crippen molar-refractivity contribution in [2.75, 3.05) is 50.0 Å². The molecule has 2 aromatic heterocycles. The van der Waals surface area contributed by atoms with E-state index in [0.717, 1.165) is 45.0 Å². The molecule has 3 heterocycles. The van der Waals surface area contributed by atoms with Gasteiger partial charge in [-0.05, 0) is 37.9 Å². The van der Waals surface area contributed by atoms with E-state index in [9.17, 15) is 4.79 Å². The van der Waals surface area contributed by atoms with Crippen molar-refractivity contribution in [3.8, 4) is 0 Å². The summed E-state index contributed by atoms with van der Waals surface area (Å²) in [5.41, 5.74) is 0.576. The molecule has 1 saturated carbocycles. The van der Waals surface area contributed by atoms with Gasteiger partial charge in [0, 0.05) is 50.9 Å². The number of carbonyl (C=O) groups excluding carboxylic acids is 1. The van der Waals surface area contributed by atoms with E-state index < -0.39 is 0 Å². The number of hydrogen-bond donors (Lipinski definition) is 2. The van der Waals surface area contributed by atoms with Gasteiger partial charge in [-0.3, -0.25) is 4.79 Å². The lowest BCUT2D eigenvalue weighted by Gasteiger charge is -2.32. The van der Waals surface area contributed by atoms with Crippen LogP contribution in [0.4, 0.5) is 17.7 Å². The molecule has 4 rings (SSSR count). The van der Waals surface area contributed by atoms with Gasteiger partial charge >= 0.3 is 0 Å². The number of aryl methyl sites for hydroxylation is 1. The van der Waals surface area contributed by atoms with E-state index in [0.29, 0.717) is 29.2 Å². The van der Waals surface area contributed by atoms with Gasteiger partial charge in [0.1, 0.15) is 11.6 Å². The molecule has 0 bridgehead atoms. The number of nitrogens with zero attached hydrogens (tertiary/aromatic N) is 6. The number of aromatic nitrogens is 4. The van der Waals surface area contributed by atoms with Crippen molar-refractivity contribution in [1.29, 1.82) is 0 Å². The van der Waals surface area contributed by atoms with Crippen molar-refractivity contribution in [2.24, 2.45) is 5.92 Å². The van der Waals surface area contributed by atoms with Crippen LogP contribution >= 0.6 is 0 Å². The van der Waals surface area contributed by atoms with Crippen LogP contribution in [0.2, 0.25) is 0 Å². The molecule has 1 amide bonds. The van der Waals surface area contributed by atoms with Gasteiger partial charge in [-0.15, -0.1) is 0 Å². The number of amides is 1. The van der Waals surface area contributed by atoms with Crippen LogP contribution in [-0.4, -0.2) is 70.5 Å². The maximum absolute atomic E-state index is 12.4. The number of rotatable bonds is 7. The van der Waals surface area contributed by atoms with Gasteiger partial charge in [0.25, 0.3) is 5.91 Å². The minimum Gasteiger partial charge on any atom is -0.352 e. The minimum absolute atomic E-state index is 0.0784. The summed E-state index contributed by atoms with van der Waals surface area (Å²) in [4.78, 5) is 34.8. The topological polar surface area (TPSA) is 99.2 Å². The fraction of sp³-hybridized carbons (Fsp3) is 0.550. The Bertz CT molecular complexity index is 861. The van der Waals surface area contributed by atoms with Crippen LogP contribution in [-0.2, 0) is 6.42 Å². The lowest BCUT2D eigenvalue weighted by molar-refractivity contribution is 0.0951. The first-order valence-electron chi connectivity index (χ1n) is 10.3. The Morgan fingerprint density at radius 2 is 1.97 bits per heavy atom. The summed E-state index contributed by atoms with van der Waals surface area (Å²) in [6.07, 6.45) is 4.75. The zero-order chi connectivity index (χ0) is 20.2. The fourth-order valence-corrected chi connectivity index (χ4v) is 3.19. The number of carbonyl (C=O) groups is 1. The average Bonchev–Trinajstić information content (AvgIpc) is 3.57. The third-order valence-corrected chi connectivity index (χ3v) is 5.28. The van der Waals surface area contributed by atoms with E-state index in [4.69, 9.17) is 0 Å². The Morgan fingerprint density at radius 1 is 1.17 bits per heavy atom. The molecular weight excluding hydrogens is 368 g/mol. The van der Waals surface area contributed by atoms with E-state index in [2.05, 4.69) is 47.4 Å². The number of pyridine rings is 1. The Morgan fingerprint density at radius 3 is 2.69 bits per heavy atom. The first kappa shape index (κ1) is 19.5. The molecule has 2 aliphatic rings. The highest BCUT2D eigenvalue weighted by molar-refractivity contribution is 5.94. The minimum atomic E-state index is -0.0784. The quantitative estimate of drug-likeness (QED) is 0.726. The monoisotopic (exact) mass is 396 g/mol. The highest BCUT2D eigenvalue weighted by atomic mass is 16.1. The van der Waals surface area contributed by atoms with Crippen LogP contribution in [0, 0.1) is 5.92 Å². The van der Waals surface area contributed by atoms with E-state index >= 15 is 0 Å². The van der Waals surface area contributed by atoms with Crippen molar-refractivity contribution >= 4 is 23.6 Å². The molecule has 2 N–H and O–H groups in total. The van der Waals surface area contributed by atoms with Gasteiger partial charge < -0.3 is 20.4 Å². The molecule has 29 heavy (non-hydrogen) atoms. The second kappa shape index (κ2) is 8.69. The van der Waals surface area contributed by atoms with Crippen LogP contribution in [0.3, 0.4) is 0 Å². The van der Waals surface area contributed by atoms with Crippen molar-refractivity contribution in [2.45, 2.75) is 26.2 Å². The molecule has 1 aliphatic carbocycles. The van der Waals surface area contributed by atoms with E-state index in [1.54, 1.807) is 18.3 Å². The zero-order valence-corrected chi connectivity index (χ0v) is 17.1. The Labute approximate surface area is 171 Å². The predicted octanol–water partition coefficient (Wildman–Crippen LogP) is 1.46. The molecule has 0 spiro atoms. The molecule has 0 aromatic carbocycles. The van der Waals surface area contributed by atoms with E-state index in [1.807, 2.05) is 6.92 Å². The SMILES string of the molecule is CCc1nc(Nc2cc(C(=O)NCC3CC3)ccn2)nc(N2CCN(C)CC2)n1. The standard InChI is InChI=1S/C20H28N8O/c1-3-16-23-19(26-20(25-16)28-10-8-27(2)9-11-28)24-17-12-15(6-7-21-17)18(29)22-13-14-4-5-14/h6-7,12,14H,3-5,8-11,13H2,1-2H3,(H,22,29)(H,21,23,24,25,26). The number of nitrogens with one attached hydrogen (secondary N) is 2. The van der Waals surface area contributed by atoms with Crippen molar-refractivity contribution in [3.05, 3.63) is 29.7 Å². The highest BCUT2D eigenvalue weighted by Crippen LogP contribution is 2.27. The second-order valence-electron chi connectivity index (χ2n) is 7.73. The summed E-state index contributed by atoms with van der Waals surface area (Å²) in [5.74, 6) is 2.98. The summed E-state index contributed by atoms with van der Waals surface area (Å²) in [6.45, 7) is 6.50. The molecular formula is C20H28N8O. The Balaban J connectivity index is 1.48. The van der Waals surface area contributed by atoms with Crippen LogP contribution in [0.25, 0.3) is 0 Å². The number of anilines is 3. The van der Waals surface area contributed by atoms with Gasteiger partial charge in [-0.25, -0.2) is 4.98 Å². The first-order chi connectivity index (χ1) is 14.1. The molecule has 9 heteroatoms. The predicted molar refractivity (Wildman–Crippen MR) is 111 cm³/mol. The molecule has 0 unspecified atom stereocenters. The Hall–Kier alpha value is -2.81. The van der Waals surface area contributed by atoms with Crippen LogP contribution in [0.1, 0.15) is 35.9 Å². The van der Waals surface area contributed by atoms with E-state index in [1.165, 1.54) is 12.8 Å². The number of piperazine rings is 1. The molecule has 0 atom stereocenters. The lowest BCUT2D eigenvalue weighted by Crippen LogP contribution is -2.45. The highest BCUT2D eigenvalue weighted by Gasteiger charge is 2.22. The summed E-state index contributed by atoms with van der Waals surface area (Å²) in [6, 6.07) is 3.45. The summed E-state index contributed by atoms with van der Waals surface area (Å²) >= 11 is 0. The van der Waals surface area contributed by atoms with Crippen LogP contribution in [0.5, 0.6) is 0 Å². The van der Waals surface area contributed by atoms with Gasteiger partial charge in [0.05, 0.1) is 0 Å². The maximum Gasteiger partial charge on any atom is 0.251 e. The number of likely N-dealkylation sites (N-methyl/N-ethyl adjacent to an activating group) is 1. The smallest absolute Gasteiger partial charge is 0.251 e. The molecule has 0 radical (unpaired) electrons. The third kappa shape index (κ3) is 5.17. The lowest BCUT2D eigenvalue weighted by atomic mass is 10.2. The summed E-state index contributed by atoms with van der Waals surface area (Å²) < 4.78 is 0. The van der Waals surface area contributed by atoms with Crippen molar-refractivity contribution < 1.29 is 4.79 Å². The largest absolute Gasteiger partial charge is 0.352 e. The molecule has 2 fully saturated rings. The third-order valence-electron chi connectivity index (χ3n) is 5.28. The molecule has 1 saturated heterocycles. The average molecular weight is 396 g/mol. The number of hydrogen-bond acceptors (Lipinski definition) is 8. The van der Waals surface area contributed by atoms with E-state index in [-0.39, 0.29) is 5.91 Å². The van der Waals surface area contributed by atoms with Crippen molar-refractivity contribution in [3.63, 3.8) is 0 Å². The summed E-state index contributed by atoms with van der Waals surface area (Å²) in [5, 5.41) is 6.13. The fourth-order valence-electron chi connectivity index (χ4n) is 3.19. The van der Waals surface area contributed by atoms with Gasteiger partial charge in [-0.2, -0.15) is 15.0 Å². The first-order valence-corrected chi connectivity index (χ1v) is 10.3. The molecule has 1 aliphatic heterocycles. The second-order valence-corrected chi connectivity index (χ2v) is 7.73. The van der Waals surface area contributed by atoms with Gasteiger partial charge in [0.2, 0.25) is 11.9 Å². The molecule has 154 valence electrons. The van der Waals surface area contributed by atoms with Crippen LogP contribution < -0.4 is 15.5 Å². The zero-order valence-electron chi connectivity index (χ0n) is 17.1. The van der Waals surface area contributed by atoms with Gasteiger partial charge in [-0.1, -0.05) is 6.92 Å². The normalized spacial score (nSPS) is 17.2. The Kier molecular flexibility index (Phi) is 5.84. The van der Waals surface area contributed by atoms with Gasteiger partial charge in [0.15, 0.2) is 0 Å². The van der Waals surface area contributed by atoms with Crippen LogP contribution in [0.15, 0.2) is 18.3 Å².